The van der Waals surface area contributed by atoms with Crippen LogP contribution in [0.15, 0.2) is 109 Å². The highest BCUT2D eigenvalue weighted by Crippen LogP contribution is 2.49. The van der Waals surface area contributed by atoms with Gasteiger partial charge in [0.1, 0.15) is 0 Å². The second-order valence-electron chi connectivity index (χ2n) is 11.7. The van der Waals surface area contributed by atoms with E-state index in [1.807, 2.05) is 0 Å². The molecule has 0 saturated heterocycles. The molecule has 0 N–H and O–H groups in total. The van der Waals surface area contributed by atoms with Crippen LogP contribution in [0.5, 0.6) is 0 Å². The van der Waals surface area contributed by atoms with E-state index >= 15 is 0 Å². The third-order valence-corrected chi connectivity index (χ3v) is 8.51. The maximum absolute atomic E-state index is 2.34. The van der Waals surface area contributed by atoms with Crippen LogP contribution in [-0.2, 0) is 5.41 Å². The van der Waals surface area contributed by atoms with Crippen LogP contribution in [0, 0.1) is 27.7 Å². The molecule has 0 heterocycles. The van der Waals surface area contributed by atoms with E-state index in [2.05, 4.69) is 151 Å². The summed E-state index contributed by atoms with van der Waals surface area (Å²) in [4.78, 5) is 0. The summed E-state index contributed by atoms with van der Waals surface area (Å²) in [7, 11) is 0. The Bertz CT molecular complexity index is 1730. The first-order chi connectivity index (χ1) is 18.8. The van der Waals surface area contributed by atoms with Crippen molar-refractivity contribution in [3.05, 3.63) is 143 Å². The van der Waals surface area contributed by atoms with Gasteiger partial charge in [0.05, 0.1) is 0 Å². The van der Waals surface area contributed by atoms with E-state index in [0.717, 1.165) is 0 Å². The molecule has 1 aliphatic carbocycles. The van der Waals surface area contributed by atoms with Gasteiger partial charge < -0.3 is 0 Å². The van der Waals surface area contributed by atoms with Gasteiger partial charge in [-0.1, -0.05) is 134 Å². The van der Waals surface area contributed by atoms with Gasteiger partial charge in [0.15, 0.2) is 0 Å². The molecule has 0 aromatic heterocycles. The summed E-state index contributed by atoms with van der Waals surface area (Å²) < 4.78 is 0. The highest BCUT2D eigenvalue weighted by Gasteiger charge is 2.35. The molecule has 0 radical (unpaired) electrons. The minimum absolute atomic E-state index is 0.142. The van der Waals surface area contributed by atoms with Crippen molar-refractivity contribution in [2.24, 2.45) is 0 Å². The molecule has 0 nitrogen and oxygen atoms in total. The van der Waals surface area contributed by atoms with Crippen LogP contribution in [0.1, 0.15) is 47.2 Å². The molecular weight excluding hydrogens is 468 g/mol. The predicted octanol–water partition coefficient (Wildman–Crippen LogP) is 10.9. The Morgan fingerprint density at radius 1 is 0.436 bits per heavy atom. The van der Waals surface area contributed by atoms with E-state index in [9.17, 15) is 0 Å². The lowest BCUT2D eigenvalue weighted by atomic mass is 9.81. The number of hydrogen-bond donors (Lipinski definition) is 0. The highest BCUT2D eigenvalue weighted by molar-refractivity contribution is 6.07. The minimum atomic E-state index is 0.142. The summed E-state index contributed by atoms with van der Waals surface area (Å²) in [6.45, 7) is 13.4. The number of rotatable bonds is 1. The monoisotopic (exact) mass is 504 g/mol. The summed E-state index contributed by atoms with van der Waals surface area (Å²) in [5, 5.41) is 5.27. The highest BCUT2D eigenvalue weighted by atomic mass is 14.4. The largest absolute Gasteiger partial charge is 0.0616 e. The van der Waals surface area contributed by atoms with Crippen molar-refractivity contribution in [3.63, 3.8) is 0 Å². The zero-order valence-electron chi connectivity index (χ0n) is 23.9. The fraction of sp³-hybridized carbons (Fsp3) is 0.179. The molecule has 0 amide bonds. The fourth-order valence-electron chi connectivity index (χ4n) is 6.39. The normalized spacial score (nSPS) is 13.1. The van der Waals surface area contributed by atoms with Crippen molar-refractivity contribution in [2.45, 2.75) is 47.0 Å². The number of fused-ring (bicyclic) bond motifs is 5. The Morgan fingerprint density at radius 3 is 1.28 bits per heavy atom. The summed E-state index contributed by atoms with van der Waals surface area (Å²) in [5.41, 5.74) is 14.0. The maximum atomic E-state index is 2.34. The van der Waals surface area contributed by atoms with Gasteiger partial charge in [-0.2, -0.15) is 0 Å². The van der Waals surface area contributed by atoms with Crippen LogP contribution in [0.25, 0.3) is 43.8 Å². The number of aryl methyl sites for hydroxylation is 4. The van der Waals surface area contributed by atoms with E-state index < -0.39 is 0 Å². The standard InChI is InChI=1S/C22H18.C17H18/c1-15-11-13-17-7-3-5-9-19(17)21(15)22-16(2)12-14-18-8-4-6-10-20(18)22;1-11-5-7-13-14-8-6-12(2)10-16(14)17(3,4)15(13)9-11/h3-14H,1-2H3;5-10H,1-4H3. The first-order valence-corrected chi connectivity index (χ1v) is 14.0. The molecule has 192 valence electrons. The lowest BCUT2D eigenvalue weighted by molar-refractivity contribution is 0.659. The number of hydrogen-bond acceptors (Lipinski definition) is 0. The molecule has 7 rings (SSSR count). The van der Waals surface area contributed by atoms with Crippen LogP contribution in [0.2, 0.25) is 0 Å². The van der Waals surface area contributed by atoms with Gasteiger partial charge >= 0.3 is 0 Å². The predicted molar refractivity (Wildman–Crippen MR) is 170 cm³/mol. The van der Waals surface area contributed by atoms with Crippen molar-refractivity contribution in [2.75, 3.05) is 0 Å². The molecule has 0 fully saturated rings. The van der Waals surface area contributed by atoms with E-state index in [0.29, 0.717) is 0 Å². The van der Waals surface area contributed by atoms with E-state index in [1.165, 1.54) is 77.2 Å². The fourth-order valence-corrected chi connectivity index (χ4v) is 6.39. The van der Waals surface area contributed by atoms with Gasteiger partial charge in [0, 0.05) is 5.41 Å². The molecule has 6 aromatic carbocycles. The minimum Gasteiger partial charge on any atom is -0.0616 e. The average Bonchev–Trinajstić information content (AvgIpc) is 3.15. The molecule has 0 atom stereocenters. The Morgan fingerprint density at radius 2 is 0.846 bits per heavy atom. The molecule has 0 heteroatoms. The molecule has 1 aliphatic rings. The Labute approximate surface area is 233 Å². The second kappa shape index (κ2) is 9.54. The van der Waals surface area contributed by atoms with Gasteiger partial charge in [-0.3, -0.25) is 0 Å². The summed E-state index contributed by atoms with van der Waals surface area (Å²) in [5.74, 6) is 0. The quantitative estimate of drug-likeness (QED) is 0.209. The van der Waals surface area contributed by atoms with Crippen LogP contribution >= 0.6 is 0 Å². The lowest BCUT2D eigenvalue weighted by Crippen LogP contribution is -2.15. The van der Waals surface area contributed by atoms with Crippen LogP contribution in [0.4, 0.5) is 0 Å². The zero-order chi connectivity index (χ0) is 27.3. The van der Waals surface area contributed by atoms with Gasteiger partial charge in [-0.15, -0.1) is 0 Å². The molecule has 0 unspecified atom stereocenters. The van der Waals surface area contributed by atoms with Crippen molar-refractivity contribution in [3.8, 4) is 22.3 Å². The molecule has 6 aromatic rings. The molecule has 0 saturated carbocycles. The lowest BCUT2D eigenvalue weighted by Gasteiger charge is -2.22. The second-order valence-corrected chi connectivity index (χ2v) is 11.7. The summed E-state index contributed by atoms with van der Waals surface area (Å²) >= 11 is 0. The van der Waals surface area contributed by atoms with Crippen molar-refractivity contribution in [1.82, 2.24) is 0 Å². The van der Waals surface area contributed by atoms with Gasteiger partial charge in [0.2, 0.25) is 0 Å². The third-order valence-electron chi connectivity index (χ3n) is 8.51. The van der Waals surface area contributed by atoms with Gasteiger partial charge in [0.25, 0.3) is 0 Å². The van der Waals surface area contributed by atoms with Crippen LogP contribution in [0.3, 0.4) is 0 Å². The first-order valence-electron chi connectivity index (χ1n) is 14.0. The van der Waals surface area contributed by atoms with Crippen molar-refractivity contribution >= 4 is 21.5 Å². The molecule has 0 bridgehead atoms. The van der Waals surface area contributed by atoms with Gasteiger partial charge in [-0.05, 0) is 93.7 Å². The van der Waals surface area contributed by atoms with Crippen LogP contribution < -0.4 is 0 Å². The van der Waals surface area contributed by atoms with E-state index in [-0.39, 0.29) is 5.41 Å². The number of benzene rings is 6. The first kappa shape index (κ1) is 25.1. The van der Waals surface area contributed by atoms with Crippen LogP contribution in [-0.4, -0.2) is 0 Å². The zero-order valence-corrected chi connectivity index (χ0v) is 23.9. The van der Waals surface area contributed by atoms with Gasteiger partial charge in [-0.25, -0.2) is 0 Å². The average molecular weight is 505 g/mol. The molecular formula is C39H36. The SMILES string of the molecule is Cc1ccc2c(c1)C(C)(C)c1cc(C)ccc1-2.Cc1ccc2ccccc2c1-c1c(C)ccc2ccccc12. The van der Waals surface area contributed by atoms with E-state index in [1.54, 1.807) is 0 Å². The Balaban J connectivity index is 0.000000147. The molecule has 0 aliphatic heterocycles. The molecule has 39 heavy (non-hydrogen) atoms. The smallest absolute Gasteiger partial charge is 0.0159 e. The Kier molecular flexibility index (Phi) is 6.15. The van der Waals surface area contributed by atoms with E-state index in [4.69, 9.17) is 0 Å². The van der Waals surface area contributed by atoms with Crippen molar-refractivity contribution in [1.29, 1.82) is 0 Å². The third kappa shape index (κ3) is 4.25. The topological polar surface area (TPSA) is 0 Å². The Hall–Kier alpha value is -4.16. The summed E-state index contributed by atoms with van der Waals surface area (Å²) in [6, 6.07) is 39.9. The maximum Gasteiger partial charge on any atom is 0.0159 e. The van der Waals surface area contributed by atoms with Crippen molar-refractivity contribution < 1.29 is 0 Å². The molecule has 0 spiro atoms. The summed E-state index contributed by atoms with van der Waals surface area (Å²) in [6.07, 6.45) is 0.